The molecule has 0 saturated heterocycles. The van der Waals surface area contributed by atoms with E-state index in [0.717, 1.165) is 18.4 Å². The van der Waals surface area contributed by atoms with Gasteiger partial charge in [0, 0.05) is 17.2 Å². The smallest absolute Gasteiger partial charge is 0.120 e. The van der Waals surface area contributed by atoms with E-state index in [4.69, 9.17) is 4.98 Å². The lowest BCUT2D eigenvalue weighted by atomic mass is 9.91. The first-order valence-electron chi connectivity index (χ1n) is 5.97. The average Bonchev–Trinajstić information content (AvgIpc) is 2.85. The molecule has 0 aliphatic heterocycles. The fourth-order valence-electron chi connectivity index (χ4n) is 2.37. The van der Waals surface area contributed by atoms with Gasteiger partial charge in [0.05, 0.1) is 12.2 Å². The number of nitrogens with one attached hydrogen (secondary N) is 2. The normalized spacial score (nSPS) is 23.1. The van der Waals surface area contributed by atoms with Gasteiger partial charge < -0.3 is 10.3 Å². The van der Waals surface area contributed by atoms with Crippen molar-refractivity contribution >= 4 is 0 Å². The van der Waals surface area contributed by atoms with Crippen molar-refractivity contribution in [3.8, 4) is 0 Å². The van der Waals surface area contributed by atoms with Gasteiger partial charge in [-0.1, -0.05) is 13.8 Å². The van der Waals surface area contributed by atoms with Crippen LogP contribution >= 0.6 is 0 Å². The van der Waals surface area contributed by atoms with Gasteiger partial charge in [-0.15, -0.1) is 0 Å². The maximum Gasteiger partial charge on any atom is 0.120 e. The fraction of sp³-hybridized carbons (Fsp3) is 0.750. The molecule has 0 aromatic carbocycles. The minimum Gasteiger partial charge on any atom is -0.345 e. The summed E-state index contributed by atoms with van der Waals surface area (Å²) in [6.07, 6.45) is 5.08. The number of H-pyrrole nitrogens is 1. The molecule has 1 fully saturated rings. The molecule has 15 heavy (non-hydrogen) atoms. The van der Waals surface area contributed by atoms with E-state index >= 15 is 0 Å². The molecule has 0 spiro atoms. The van der Waals surface area contributed by atoms with Gasteiger partial charge in [-0.05, 0) is 25.7 Å². The summed E-state index contributed by atoms with van der Waals surface area (Å²) >= 11 is 0. The molecule has 82 valence electrons. The van der Waals surface area contributed by atoms with Crippen LogP contribution in [-0.2, 0) is 18.4 Å². The molecule has 0 bridgehead atoms. The van der Waals surface area contributed by atoms with E-state index in [1.54, 1.807) is 0 Å². The number of aromatic amines is 1. The molecule has 3 nitrogen and oxygen atoms in total. The Balaban J connectivity index is 1.75. The lowest BCUT2D eigenvalue weighted by Gasteiger charge is -2.15. The number of aryl methyl sites for hydroxylation is 1. The Morgan fingerprint density at radius 3 is 2.93 bits per heavy atom. The molecule has 3 heteroatoms. The van der Waals surface area contributed by atoms with Gasteiger partial charge in [0.25, 0.3) is 0 Å². The van der Waals surface area contributed by atoms with Crippen molar-refractivity contribution in [1.82, 2.24) is 15.3 Å². The average molecular weight is 205 g/mol. The third-order valence-corrected chi connectivity index (χ3v) is 3.60. The Morgan fingerprint density at radius 2 is 2.27 bits per heavy atom. The Bertz CT molecular complexity index is 374. The molecule has 0 atom stereocenters. The molecule has 0 amide bonds. The topological polar surface area (TPSA) is 40.7 Å². The molecule has 2 N–H and O–H groups in total. The standard InChI is InChI=1S/C12H19N3/c1-12(2)6-5-9-11(12)15-10(14-9)7-13-8-3-4-8/h8,13H,3-7H2,1-2H3,(H,14,15). The van der Waals surface area contributed by atoms with E-state index in [1.807, 2.05) is 0 Å². The highest BCUT2D eigenvalue weighted by Crippen LogP contribution is 2.36. The summed E-state index contributed by atoms with van der Waals surface area (Å²) in [7, 11) is 0. The third kappa shape index (κ3) is 1.69. The van der Waals surface area contributed by atoms with Gasteiger partial charge >= 0.3 is 0 Å². The van der Waals surface area contributed by atoms with E-state index in [-0.39, 0.29) is 5.41 Å². The van der Waals surface area contributed by atoms with Crippen LogP contribution < -0.4 is 5.32 Å². The monoisotopic (exact) mass is 205 g/mol. The van der Waals surface area contributed by atoms with Gasteiger partial charge in [0.1, 0.15) is 5.82 Å². The van der Waals surface area contributed by atoms with Gasteiger partial charge in [-0.2, -0.15) is 0 Å². The lowest BCUT2D eigenvalue weighted by molar-refractivity contribution is 0.505. The summed E-state index contributed by atoms with van der Waals surface area (Å²) in [5, 5.41) is 3.50. The van der Waals surface area contributed by atoms with Crippen LogP contribution in [0.1, 0.15) is 50.3 Å². The number of imidazole rings is 1. The zero-order valence-corrected chi connectivity index (χ0v) is 9.56. The van der Waals surface area contributed by atoms with E-state index < -0.39 is 0 Å². The second-order valence-corrected chi connectivity index (χ2v) is 5.55. The van der Waals surface area contributed by atoms with Crippen LogP contribution in [0.3, 0.4) is 0 Å². The molecule has 1 saturated carbocycles. The van der Waals surface area contributed by atoms with Crippen molar-refractivity contribution in [2.45, 2.75) is 57.5 Å². The van der Waals surface area contributed by atoms with E-state index in [9.17, 15) is 0 Å². The molecule has 0 radical (unpaired) electrons. The van der Waals surface area contributed by atoms with Gasteiger partial charge in [0.15, 0.2) is 0 Å². The predicted molar refractivity (Wildman–Crippen MR) is 59.8 cm³/mol. The van der Waals surface area contributed by atoms with Crippen LogP contribution in [0.2, 0.25) is 0 Å². The number of hydrogen-bond acceptors (Lipinski definition) is 2. The molecule has 1 aromatic rings. The number of nitrogens with zero attached hydrogens (tertiary/aromatic N) is 1. The van der Waals surface area contributed by atoms with E-state index in [2.05, 4.69) is 24.1 Å². The molecule has 3 rings (SSSR count). The maximum absolute atomic E-state index is 4.73. The van der Waals surface area contributed by atoms with Gasteiger partial charge in [0.2, 0.25) is 0 Å². The highest BCUT2D eigenvalue weighted by molar-refractivity contribution is 5.28. The van der Waals surface area contributed by atoms with Crippen LogP contribution in [-0.4, -0.2) is 16.0 Å². The van der Waals surface area contributed by atoms with Crippen molar-refractivity contribution in [3.05, 3.63) is 17.2 Å². The Kier molecular flexibility index (Phi) is 1.93. The minimum absolute atomic E-state index is 0.281. The summed E-state index contributed by atoms with van der Waals surface area (Å²) in [6.45, 7) is 5.49. The summed E-state index contributed by atoms with van der Waals surface area (Å²) in [4.78, 5) is 8.18. The number of fused-ring (bicyclic) bond motifs is 1. The third-order valence-electron chi connectivity index (χ3n) is 3.60. The zero-order valence-electron chi connectivity index (χ0n) is 9.56. The fourth-order valence-corrected chi connectivity index (χ4v) is 2.37. The summed E-state index contributed by atoms with van der Waals surface area (Å²) in [6, 6.07) is 0.762. The van der Waals surface area contributed by atoms with Crippen molar-refractivity contribution in [1.29, 1.82) is 0 Å². The summed E-state index contributed by atoms with van der Waals surface area (Å²) < 4.78 is 0. The number of rotatable bonds is 3. The second kappa shape index (κ2) is 3.08. The molecule has 2 aliphatic rings. The SMILES string of the molecule is CC1(C)CCc2[nH]c(CNC3CC3)nc21. The highest BCUT2D eigenvalue weighted by atomic mass is 15.0. The van der Waals surface area contributed by atoms with Crippen molar-refractivity contribution in [2.75, 3.05) is 0 Å². The lowest BCUT2D eigenvalue weighted by Crippen LogP contribution is -2.17. The Hall–Kier alpha value is -0.830. The van der Waals surface area contributed by atoms with Crippen LogP contribution in [0.25, 0.3) is 0 Å². The number of aromatic nitrogens is 2. The molecule has 0 unspecified atom stereocenters. The predicted octanol–water partition coefficient (Wildman–Crippen LogP) is 1.89. The van der Waals surface area contributed by atoms with Crippen LogP contribution in [0.4, 0.5) is 0 Å². The molecular weight excluding hydrogens is 186 g/mol. The molecule has 1 heterocycles. The molecular formula is C12H19N3. The molecule has 1 aromatic heterocycles. The first kappa shape index (κ1) is 9.40. The van der Waals surface area contributed by atoms with Crippen molar-refractivity contribution in [3.63, 3.8) is 0 Å². The first-order valence-corrected chi connectivity index (χ1v) is 5.97. The zero-order chi connectivity index (χ0) is 10.5. The second-order valence-electron chi connectivity index (χ2n) is 5.55. The minimum atomic E-state index is 0.281. The van der Waals surface area contributed by atoms with Gasteiger partial charge in [-0.3, -0.25) is 0 Å². The largest absolute Gasteiger partial charge is 0.345 e. The quantitative estimate of drug-likeness (QED) is 0.791. The van der Waals surface area contributed by atoms with Crippen LogP contribution in [0.5, 0.6) is 0 Å². The van der Waals surface area contributed by atoms with Crippen LogP contribution in [0.15, 0.2) is 0 Å². The summed E-state index contributed by atoms with van der Waals surface area (Å²) in [5.74, 6) is 1.12. The Morgan fingerprint density at radius 1 is 1.47 bits per heavy atom. The van der Waals surface area contributed by atoms with E-state index in [0.29, 0.717) is 0 Å². The van der Waals surface area contributed by atoms with Gasteiger partial charge in [-0.25, -0.2) is 4.98 Å². The summed E-state index contributed by atoms with van der Waals surface area (Å²) in [5.41, 5.74) is 2.95. The Labute approximate surface area is 90.7 Å². The number of hydrogen-bond donors (Lipinski definition) is 2. The highest BCUT2D eigenvalue weighted by Gasteiger charge is 2.33. The maximum atomic E-state index is 4.73. The molecule has 2 aliphatic carbocycles. The van der Waals surface area contributed by atoms with Crippen molar-refractivity contribution < 1.29 is 0 Å². The van der Waals surface area contributed by atoms with E-state index in [1.165, 1.54) is 37.1 Å². The van der Waals surface area contributed by atoms with Crippen LogP contribution in [0, 0.1) is 0 Å². The first-order chi connectivity index (χ1) is 7.15. The van der Waals surface area contributed by atoms with Crippen molar-refractivity contribution in [2.24, 2.45) is 0 Å².